The van der Waals surface area contributed by atoms with Crippen LogP contribution in [0.2, 0.25) is 5.02 Å². The van der Waals surface area contributed by atoms with Crippen LogP contribution in [-0.4, -0.2) is 34.0 Å². The Labute approximate surface area is 196 Å². The Morgan fingerprint density at radius 2 is 1.76 bits per heavy atom. The lowest BCUT2D eigenvalue weighted by Crippen LogP contribution is -2.06. The molecular formula is C24H23ClN6O2. The van der Waals surface area contributed by atoms with E-state index in [1.165, 1.54) is 5.56 Å². The molecule has 0 unspecified atom stereocenters. The van der Waals surface area contributed by atoms with Gasteiger partial charge in [0.15, 0.2) is 11.5 Å². The predicted molar refractivity (Wildman–Crippen MR) is 129 cm³/mol. The summed E-state index contributed by atoms with van der Waals surface area (Å²) in [6.07, 6.45) is 4.76. The Hall–Kier alpha value is -3.78. The zero-order chi connectivity index (χ0) is 22.8. The molecule has 2 N–H and O–H groups in total. The second kappa shape index (κ2) is 8.99. The van der Waals surface area contributed by atoms with Crippen LogP contribution < -0.4 is 20.1 Å². The Kier molecular flexibility index (Phi) is 5.75. The van der Waals surface area contributed by atoms with Gasteiger partial charge in [0, 0.05) is 28.5 Å². The van der Waals surface area contributed by atoms with Gasteiger partial charge in [0.05, 0.1) is 25.6 Å². The molecule has 1 aliphatic rings. The van der Waals surface area contributed by atoms with E-state index in [1.54, 1.807) is 20.4 Å². The van der Waals surface area contributed by atoms with Crippen LogP contribution in [-0.2, 0) is 12.8 Å². The minimum atomic E-state index is 0.460. The van der Waals surface area contributed by atoms with Gasteiger partial charge in [-0.25, -0.2) is 9.67 Å². The minimum absolute atomic E-state index is 0.460. The topological polar surface area (TPSA) is 86.1 Å². The Bertz CT molecular complexity index is 1290. The highest BCUT2D eigenvalue weighted by atomic mass is 35.5. The first-order valence-electron chi connectivity index (χ1n) is 10.6. The number of aromatic nitrogens is 4. The highest BCUT2D eigenvalue weighted by Gasteiger charge is 2.23. The monoisotopic (exact) mass is 462 g/mol. The summed E-state index contributed by atoms with van der Waals surface area (Å²) in [6, 6.07) is 15.0. The molecule has 0 aliphatic heterocycles. The third-order valence-corrected chi connectivity index (χ3v) is 5.77. The Morgan fingerprint density at radius 1 is 0.939 bits per heavy atom. The average molecular weight is 463 g/mol. The molecule has 0 atom stereocenters. The summed E-state index contributed by atoms with van der Waals surface area (Å²) in [5.41, 5.74) is 4.06. The van der Waals surface area contributed by atoms with Crippen LogP contribution in [0.3, 0.4) is 0 Å². The number of fused-ring (bicyclic) bond motifs is 1. The third-order valence-electron chi connectivity index (χ3n) is 5.52. The van der Waals surface area contributed by atoms with Crippen LogP contribution >= 0.6 is 11.6 Å². The summed E-state index contributed by atoms with van der Waals surface area (Å²) in [5, 5.41) is 12.2. The van der Waals surface area contributed by atoms with Crippen molar-refractivity contribution >= 4 is 34.9 Å². The van der Waals surface area contributed by atoms with Crippen molar-refractivity contribution in [1.82, 2.24) is 19.7 Å². The van der Waals surface area contributed by atoms with Gasteiger partial charge in [-0.2, -0.15) is 10.1 Å². The predicted octanol–water partition coefficient (Wildman–Crippen LogP) is 5.31. The molecule has 8 nitrogen and oxygen atoms in total. The van der Waals surface area contributed by atoms with Gasteiger partial charge in [0.25, 0.3) is 0 Å². The largest absolute Gasteiger partial charge is 0.493 e. The van der Waals surface area contributed by atoms with Crippen molar-refractivity contribution in [1.29, 1.82) is 0 Å². The van der Waals surface area contributed by atoms with Gasteiger partial charge in [-0.1, -0.05) is 11.6 Å². The number of methoxy groups -OCH3 is 2. The van der Waals surface area contributed by atoms with Crippen molar-refractivity contribution in [3.8, 4) is 17.2 Å². The minimum Gasteiger partial charge on any atom is -0.493 e. The normalized spacial score (nSPS) is 12.3. The summed E-state index contributed by atoms with van der Waals surface area (Å²) < 4.78 is 12.6. The number of nitrogens with one attached hydrogen (secondary N) is 2. The van der Waals surface area contributed by atoms with Gasteiger partial charge in [0.1, 0.15) is 11.6 Å². The maximum Gasteiger partial charge on any atom is 0.229 e. The Morgan fingerprint density at radius 3 is 2.55 bits per heavy atom. The number of hydrogen-bond donors (Lipinski definition) is 2. The van der Waals surface area contributed by atoms with E-state index >= 15 is 0 Å². The second-order valence-corrected chi connectivity index (χ2v) is 8.04. The zero-order valence-electron chi connectivity index (χ0n) is 18.3. The van der Waals surface area contributed by atoms with E-state index in [-0.39, 0.29) is 0 Å². The summed E-state index contributed by atoms with van der Waals surface area (Å²) >= 11 is 6.08. The molecule has 0 saturated carbocycles. The van der Waals surface area contributed by atoms with Gasteiger partial charge < -0.3 is 20.1 Å². The summed E-state index contributed by atoms with van der Waals surface area (Å²) in [4.78, 5) is 9.00. The van der Waals surface area contributed by atoms with Crippen LogP contribution in [0.5, 0.6) is 11.5 Å². The highest BCUT2D eigenvalue weighted by Crippen LogP contribution is 2.34. The number of benzene rings is 2. The molecule has 5 rings (SSSR count). The fourth-order valence-electron chi connectivity index (χ4n) is 3.94. The molecule has 1 aliphatic carbocycles. The van der Waals surface area contributed by atoms with Gasteiger partial charge in [-0.05, 0) is 61.7 Å². The molecule has 4 aromatic rings. The fourth-order valence-corrected chi connectivity index (χ4v) is 4.07. The van der Waals surface area contributed by atoms with E-state index in [0.29, 0.717) is 28.3 Å². The van der Waals surface area contributed by atoms with Crippen molar-refractivity contribution < 1.29 is 9.47 Å². The average Bonchev–Trinajstić information content (AvgIpc) is 3.42. The molecule has 0 spiro atoms. The molecule has 168 valence electrons. The van der Waals surface area contributed by atoms with Crippen LogP contribution in [0, 0.1) is 0 Å². The number of aryl methyl sites for hydroxylation is 1. The quantitative estimate of drug-likeness (QED) is 0.385. The second-order valence-electron chi connectivity index (χ2n) is 7.60. The number of hydrogen-bond acceptors (Lipinski definition) is 7. The number of ether oxygens (including phenoxy) is 2. The molecule has 2 aromatic carbocycles. The smallest absolute Gasteiger partial charge is 0.229 e. The molecule has 0 fully saturated rings. The lowest BCUT2D eigenvalue weighted by molar-refractivity contribution is 0.355. The van der Waals surface area contributed by atoms with E-state index in [2.05, 4.69) is 20.6 Å². The van der Waals surface area contributed by atoms with Gasteiger partial charge in [-0.3, -0.25) is 0 Å². The first kappa shape index (κ1) is 21.1. The maximum atomic E-state index is 6.08. The van der Waals surface area contributed by atoms with Gasteiger partial charge in [0.2, 0.25) is 5.95 Å². The van der Waals surface area contributed by atoms with Crippen LogP contribution in [0.25, 0.3) is 5.69 Å². The van der Waals surface area contributed by atoms with Crippen LogP contribution in [0.1, 0.15) is 17.7 Å². The third kappa shape index (κ3) is 4.29. The molecule has 2 aromatic heterocycles. The first-order chi connectivity index (χ1) is 16.1. The van der Waals surface area contributed by atoms with E-state index in [0.717, 1.165) is 42.1 Å². The van der Waals surface area contributed by atoms with Crippen molar-refractivity contribution in [3.05, 3.63) is 71.0 Å². The van der Waals surface area contributed by atoms with Crippen LogP contribution in [0.4, 0.5) is 23.3 Å². The SMILES string of the molecule is COc1ccc(Nc2nccc(Nc3c4c(nn3-c3ccc(Cl)cc3)CCC4)n2)cc1OC. The van der Waals surface area contributed by atoms with Crippen molar-refractivity contribution in [3.63, 3.8) is 0 Å². The standard InChI is InChI=1S/C24H23ClN6O2/c1-32-20-11-8-16(14-21(20)33-2)27-24-26-13-12-22(29-24)28-23-18-4-3-5-19(18)30-31(23)17-9-6-15(25)7-10-17/h6-14H,3-5H2,1-2H3,(H2,26,27,28,29). The van der Waals surface area contributed by atoms with Gasteiger partial charge in [-0.15, -0.1) is 0 Å². The van der Waals surface area contributed by atoms with Gasteiger partial charge >= 0.3 is 0 Å². The van der Waals surface area contributed by atoms with Crippen molar-refractivity contribution in [2.24, 2.45) is 0 Å². The lowest BCUT2D eigenvalue weighted by atomic mass is 10.2. The van der Waals surface area contributed by atoms with E-state index in [1.807, 2.05) is 53.2 Å². The summed E-state index contributed by atoms with van der Waals surface area (Å²) in [5.74, 6) is 3.32. The van der Waals surface area contributed by atoms with E-state index in [4.69, 9.17) is 26.2 Å². The number of halogens is 1. The molecule has 0 amide bonds. The highest BCUT2D eigenvalue weighted by molar-refractivity contribution is 6.30. The van der Waals surface area contributed by atoms with E-state index in [9.17, 15) is 0 Å². The molecule has 9 heteroatoms. The Balaban J connectivity index is 1.43. The summed E-state index contributed by atoms with van der Waals surface area (Å²) in [6.45, 7) is 0. The number of anilines is 4. The molecule has 33 heavy (non-hydrogen) atoms. The molecule has 0 radical (unpaired) electrons. The number of rotatable bonds is 7. The first-order valence-corrected chi connectivity index (χ1v) is 11.0. The zero-order valence-corrected chi connectivity index (χ0v) is 19.1. The van der Waals surface area contributed by atoms with E-state index < -0.39 is 0 Å². The lowest BCUT2D eigenvalue weighted by Gasteiger charge is -2.13. The summed E-state index contributed by atoms with van der Waals surface area (Å²) in [7, 11) is 3.21. The molecule has 0 saturated heterocycles. The molecular weight excluding hydrogens is 440 g/mol. The number of nitrogens with zero attached hydrogens (tertiary/aromatic N) is 4. The van der Waals surface area contributed by atoms with Crippen LogP contribution in [0.15, 0.2) is 54.7 Å². The molecule has 2 heterocycles. The fraction of sp³-hybridized carbons (Fsp3) is 0.208. The van der Waals surface area contributed by atoms with Crippen molar-refractivity contribution in [2.75, 3.05) is 24.9 Å². The molecule has 0 bridgehead atoms. The van der Waals surface area contributed by atoms with Crippen molar-refractivity contribution in [2.45, 2.75) is 19.3 Å². The maximum absolute atomic E-state index is 6.08.